The second-order valence-electron chi connectivity index (χ2n) is 5.84. The number of carbonyl (C=O) groups is 1. The van der Waals surface area contributed by atoms with Crippen molar-refractivity contribution in [3.05, 3.63) is 29.8 Å². The molecule has 3 atom stereocenters. The number of aromatic hydroxyl groups is 1. The van der Waals surface area contributed by atoms with E-state index < -0.39 is 5.97 Å². The van der Waals surface area contributed by atoms with E-state index in [0.717, 1.165) is 32.1 Å². The number of nitrogens with one attached hydrogen (secondary N) is 1. The standard InChI is InChI=1S/C16H23NO3/c1-11(9-12-5-7-15(18)8-6-12)17-14-4-2-3-13(10-14)16(19)20/h5-8,11,13-14,17-18H,2-4,9-10H2,1H3,(H,19,20). The van der Waals surface area contributed by atoms with Crippen LogP contribution in [0.1, 0.15) is 38.2 Å². The fourth-order valence-electron chi connectivity index (χ4n) is 3.01. The van der Waals surface area contributed by atoms with Gasteiger partial charge in [0.05, 0.1) is 5.92 Å². The SMILES string of the molecule is CC(Cc1ccc(O)cc1)NC1CCCC(C(=O)O)C1. The van der Waals surface area contributed by atoms with E-state index in [1.54, 1.807) is 12.1 Å². The third-order valence-electron chi connectivity index (χ3n) is 4.02. The minimum Gasteiger partial charge on any atom is -0.508 e. The van der Waals surface area contributed by atoms with Gasteiger partial charge in [0.15, 0.2) is 0 Å². The van der Waals surface area contributed by atoms with Crippen LogP contribution in [0.4, 0.5) is 0 Å². The van der Waals surface area contributed by atoms with E-state index in [0.29, 0.717) is 12.1 Å². The summed E-state index contributed by atoms with van der Waals surface area (Å²) >= 11 is 0. The van der Waals surface area contributed by atoms with Crippen molar-refractivity contribution >= 4 is 5.97 Å². The van der Waals surface area contributed by atoms with Gasteiger partial charge in [0, 0.05) is 12.1 Å². The van der Waals surface area contributed by atoms with E-state index >= 15 is 0 Å². The first-order valence-electron chi connectivity index (χ1n) is 7.31. The molecule has 0 aliphatic heterocycles. The number of aliphatic carboxylic acids is 1. The van der Waals surface area contributed by atoms with Crippen LogP contribution >= 0.6 is 0 Å². The molecule has 2 rings (SSSR count). The van der Waals surface area contributed by atoms with Crippen LogP contribution in [0.25, 0.3) is 0 Å². The molecule has 3 unspecified atom stereocenters. The van der Waals surface area contributed by atoms with Crippen molar-refractivity contribution in [1.82, 2.24) is 5.32 Å². The number of hydrogen-bond acceptors (Lipinski definition) is 3. The largest absolute Gasteiger partial charge is 0.508 e. The molecule has 1 aliphatic rings. The van der Waals surface area contributed by atoms with Gasteiger partial charge >= 0.3 is 5.97 Å². The van der Waals surface area contributed by atoms with E-state index in [-0.39, 0.29) is 11.7 Å². The van der Waals surface area contributed by atoms with E-state index in [9.17, 15) is 9.90 Å². The summed E-state index contributed by atoms with van der Waals surface area (Å²) in [6.07, 6.45) is 4.47. The molecule has 0 saturated heterocycles. The molecule has 4 nitrogen and oxygen atoms in total. The number of carboxylic acids is 1. The first-order chi connectivity index (χ1) is 9.54. The topological polar surface area (TPSA) is 69.6 Å². The summed E-state index contributed by atoms with van der Waals surface area (Å²) in [5.41, 5.74) is 1.17. The van der Waals surface area contributed by atoms with E-state index in [1.165, 1.54) is 5.56 Å². The summed E-state index contributed by atoms with van der Waals surface area (Å²) < 4.78 is 0. The Bertz CT molecular complexity index is 444. The predicted octanol–water partition coefficient (Wildman–Crippen LogP) is 2.56. The fourth-order valence-corrected chi connectivity index (χ4v) is 3.01. The highest BCUT2D eigenvalue weighted by molar-refractivity contribution is 5.70. The molecular formula is C16H23NO3. The Morgan fingerprint density at radius 3 is 2.70 bits per heavy atom. The van der Waals surface area contributed by atoms with Crippen LogP contribution in [0.15, 0.2) is 24.3 Å². The van der Waals surface area contributed by atoms with Crippen LogP contribution < -0.4 is 5.32 Å². The molecule has 1 fully saturated rings. The highest BCUT2D eigenvalue weighted by Gasteiger charge is 2.27. The van der Waals surface area contributed by atoms with Crippen molar-refractivity contribution < 1.29 is 15.0 Å². The van der Waals surface area contributed by atoms with E-state index in [2.05, 4.69) is 12.2 Å². The Hall–Kier alpha value is -1.55. The summed E-state index contributed by atoms with van der Waals surface area (Å²) in [4.78, 5) is 11.1. The summed E-state index contributed by atoms with van der Waals surface area (Å²) in [5, 5.41) is 21.9. The lowest BCUT2D eigenvalue weighted by atomic mass is 9.85. The number of hydrogen-bond donors (Lipinski definition) is 3. The van der Waals surface area contributed by atoms with E-state index in [1.807, 2.05) is 12.1 Å². The second-order valence-corrected chi connectivity index (χ2v) is 5.84. The monoisotopic (exact) mass is 277 g/mol. The summed E-state index contributed by atoms with van der Waals surface area (Å²) in [6.45, 7) is 2.12. The smallest absolute Gasteiger partial charge is 0.306 e. The molecule has 1 aromatic rings. The Balaban J connectivity index is 1.83. The Morgan fingerprint density at radius 2 is 2.05 bits per heavy atom. The molecule has 20 heavy (non-hydrogen) atoms. The molecular weight excluding hydrogens is 254 g/mol. The molecule has 4 heteroatoms. The number of carboxylic acid groups (broad SMARTS) is 1. The molecule has 3 N–H and O–H groups in total. The van der Waals surface area contributed by atoms with Crippen molar-refractivity contribution in [2.75, 3.05) is 0 Å². The van der Waals surface area contributed by atoms with Gasteiger partial charge in [0.25, 0.3) is 0 Å². The van der Waals surface area contributed by atoms with Crippen molar-refractivity contribution in [2.45, 2.75) is 51.1 Å². The highest BCUT2D eigenvalue weighted by atomic mass is 16.4. The maximum Gasteiger partial charge on any atom is 0.306 e. The van der Waals surface area contributed by atoms with Gasteiger partial charge in [0.1, 0.15) is 5.75 Å². The zero-order valence-corrected chi connectivity index (χ0v) is 11.9. The number of rotatable bonds is 5. The van der Waals surface area contributed by atoms with Gasteiger partial charge in [-0.2, -0.15) is 0 Å². The van der Waals surface area contributed by atoms with Crippen LogP contribution in [-0.2, 0) is 11.2 Å². The normalized spacial score (nSPS) is 24.2. The van der Waals surface area contributed by atoms with Crippen molar-refractivity contribution in [3.63, 3.8) is 0 Å². The summed E-state index contributed by atoms with van der Waals surface area (Å²) in [5.74, 6) is -0.573. The second kappa shape index (κ2) is 6.75. The highest BCUT2D eigenvalue weighted by Crippen LogP contribution is 2.25. The number of phenols is 1. The fraction of sp³-hybridized carbons (Fsp3) is 0.562. The first-order valence-corrected chi connectivity index (χ1v) is 7.31. The minimum atomic E-state index is -0.664. The van der Waals surface area contributed by atoms with Gasteiger partial charge in [-0.05, 0) is 50.3 Å². The van der Waals surface area contributed by atoms with Crippen LogP contribution in [0.3, 0.4) is 0 Å². The van der Waals surface area contributed by atoms with Crippen LogP contribution in [0.5, 0.6) is 5.75 Å². The zero-order valence-electron chi connectivity index (χ0n) is 11.9. The third-order valence-corrected chi connectivity index (χ3v) is 4.02. The predicted molar refractivity (Wildman–Crippen MR) is 77.8 cm³/mol. The zero-order chi connectivity index (χ0) is 14.5. The van der Waals surface area contributed by atoms with Gasteiger partial charge in [-0.15, -0.1) is 0 Å². The van der Waals surface area contributed by atoms with Gasteiger partial charge in [-0.25, -0.2) is 0 Å². The Kier molecular flexibility index (Phi) is 5.01. The third kappa shape index (κ3) is 4.23. The molecule has 0 aromatic heterocycles. The van der Waals surface area contributed by atoms with Crippen molar-refractivity contribution in [2.24, 2.45) is 5.92 Å². The molecule has 1 aromatic carbocycles. The molecule has 1 saturated carbocycles. The van der Waals surface area contributed by atoms with Crippen molar-refractivity contribution in [3.8, 4) is 5.75 Å². The Labute approximate surface area is 119 Å². The quantitative estimate of drug-likeness (QED) is 0.773. The average Bonchev–Trinajstić information content (AvgIpc) is 2.41. The molecule has 1 aliphatic carbocycles. The maximum absolute atomic E-state index is 11.1. The lowest BCUT2D eigenvalue weighted by Gasteiger charge is -2.30. The van der Waals surface area contributed by atoms with Crippen LogP contribution in [0.2, 0.25) is 0 Å². The Morgan fingerprint density at radius 1 is 1.35 bits per heavy atom. The molecule has 0 bridgehead atoms. The van der Waals surface area contributed by atoms with Gasteiger partial charge < -0.3 is 15.5 Å². The molecule has 110 valence electrons. The van der Waals surface area contributed by atoms with Crippen LogP contribution in [0, 0.1) is 5.92 Å². The van der Waals surface area contributed by atoms with Crippen LogP contribution in [-0.4, -0.2) is 28.3 Å². The maximum atomic E-state index is 11.1. The van der Waals surface area contributed by atoms with E-state index in [4.69, 9.17) is 5.11 Å². The number of benzene rings is 1. The average molecular weight is 277 g/mol. The van der Waals surface area contributed by atoms with Crippen molar-refractivity contribution in [1.29, 1.82) is 0 Å². The van der Waals surface area contributed by atoms with Gasteiger partial charge in [0.2, 0.25) is 0 Å². The summed E-state index contributed by atoms with van der Waals surface area (Å²) in [6, 6.07) is 7.85. The lowest BCUT2D eigenvalue weighted by molar-refractivity contribution is -0.143. The lowest BCUT2D eigenvalue weighted by Crippen LogP contribution is -2.41. The number of phenolic OH excluding ortho intramolecular Hbond substituents is 1. The minimum absolute atomic E-state index is 0.192. The molecule has 0 spiro atoms. The van der Waals surface area contributed by atoms with Gasteiger partial charge in [-0.3, -0.25) is 4.79 Å². The molecule has 0 radical (unpaired) electrons. The molecule has 0 heterocycles. The van der Waals surface area contributed by atoms with Gasteiger partial charge in [-0.1, -0.05) is 18.6 Å². The first kappa shape index (κ1) is 14.9. The summed E-state index contributed by atoms with van der Waals surface area (Å²) in [7, 11) is 0. The molecule has 0 amide bonds.